The van der Waals surface area contributed by atoms with Crippen molar-refractivity contribution in [3.8, 4) is 0 Å². The normalized spacial score (nSPS) is 12.6. The lowest BCUT2D eigenvalue weighted by molar-refractivity contribution is -0.143. The van der Waals surface area contributed by atoms with Gasteiger partial charge in [0.1, 0.15) is 0 Å². The third-order valence-electron chi connectivity index (χ3n) is 18.5. The number of esters is 1. The number of carbonyl (C=O) groups excluding carboxylic acids is 2. The van der Waals surface area contributed by atoms with E-state index in [1.54, 1.807) is 6.08 Å². The zero-order valence-corrected chi connectivity index (χ0v) is 57.9. The summed E-state index contributed by atoms with van der Waals surface area (Å²) in [4.78, 5) is 24.6. The van der Waals surface area contributed by atoms with E-state index in [9.17, 15) is 19.8 Å². The first-order valence-corrected chi connectivity index (χ1v) is 39.1. The number of ether oxygens (including phenoxy) is 1. The number of hydrogen-bond acceptors (Lipinski definition) is 5. The molecule has 6 heteroatoms. The molecule has 0 bridgehead atoms. The molecule has 0 aromatic carbocycles. The van der Waals surface area contributed by atoms with Crippen LogP contribution in [0.4, 0.5) is 0 Å². The van der Waals surface area contributed by atoms with Crippen molar-refractivity contribution in [3.63, 3.8) is 0 Å². The third kappa shape index (κ3) is 71.3. The predicted octanol–water partition coefficient (Wildman–Crippen LogP) is 25.7. The first-order chi connectivity index (χ1) is 42.0. The van der Waals surface area contributed by atoms with Gasteiger partial charge in [0.05, 0.1) is 25.4 Å². The standard InChI is InChI=1S/C79H153NO5/c1-3-5-7-9-11-13-15-17-18-19-20-21-22-30-33-36-39-42-45-48-51-55-59-63-67-71-77(82)76(75-81)80-78(83)72-68-64-60-56-52-49-46-43-40-37-34-31-28-26-24-23-25-27-29-32-35-38-41-44-47-50-54-58-62-66-70-74-85-79(84)73-69-65-61-57-53-16-14-12-10-8-6-4-2/h25,27,67,71,76-77,81-82H,3-24,26,28-66,68-70,72-75H2,1-2H3,(H,80,83)/b27-25-,71-67+. The molecule has 85 heavy (non-hydrogen) atoms. The van der Waals surface area contributed by atoms with E-state index in [0.29, 0.717) is 19.4 Å². The average Bonchev–Trinajstić information content (AvgIpc) is 3.53. The zero-order chi connectivity index (χ0) is 61.3. The van der Waals surface area contributed by atoms with Crippen LogP contribution in [0.2, 0.25) is 0 Å². The number of aliphatic hydroxyl groups excluding tert-OH is 2. The lowest BCUT2D eigenvalue weighted by atomic mass is 10.0. The second kappa shape index (κ2) is 74.8. The van der Waals surface area contributed by atoms with Crippen LogP contribution in [0.3, 0.4) is 0 Å². The largest absolute Gasteiger partial charge is 0.466 e. The molecule has 0 aliphatic heterocycles. The maximum absolute atomic E-state index is 12.6. The molecule has 3 N–H and O–H groups in total. The van der Waals surface area contributed by atoms with Gasteiger partial charge in [0, 0.05) is 12.8 Å². The van der Waals surface area contributed by atoms with Crippen LogP contribution in [-0.2, 0) is 14.3 Å². The number of carbonyl (C=O) groups is 2. The van der Waals surface area contributed by atoms with E-state index in [-0.39, 0.29) is 18.5 Å². The number of amides is 1. The first-order valence-electron chi connectivity index (χ1n) is 39.1. The Labute approximate surface area is 532 Å². The summed E-state index contributed by atoms with van der Waals surface area (Å²) in [6.07, 6.45) is 95.8. The summed E-state index contributed by atoms with van der Waals surface area (Å²) in [5.41, 5.74) is 0. The van der Waals surface area contributed by atoms with Gasteiger partial charge in [-0.25, -0.2) is 0 Å². The lowest BCUT2D eigenvalue weighted by Gasteiger charge is -2.20. The third-order valence-corrected chi connectivity index (χ3v) is 18.5. The Kier molecular flexibility index (Phi) is 73.3. The molecule has 1 amide bonds. The topological polar surface area (TPSA) is 95.9 Å². The van der Waals surface area contributed by atoms with Gasteiger partial charge in [0.2, 0.25) is 5.91 Å². The molecule has 2 atom stereocenters. The fourth-order valence-electron chi connectivity index (χ4n) is 12.5. The van der Waals surface area contributed by atoms with E-state index in [4.69, 9.17) is 4.74 Å². The molecule has 2 unspecified atom stereocenters. The Hall–Kier alpha value is -1.66. The van der Waals surface area contributed by atoms with Gasteiger partial charge >= 0.3 is 5.97 Å². The van der Waals surface area contributed by atoms with Crippen molar-refractivity contribution in [1.29, 1.82) is 0 Å². The monoisotopic (exact) mass is 1200 g/mol. The maximum atomic E-state index is 12.6. The molecule has 0 rings (SSSR count). The minimum atomic E-state index is -0.844. The Morgan fingerprint density at radius 2 is 0.553 bits per heavy atom. The van der Waals surface area contributed by atoms with Gasteiger partial charge in [-0.2, -0.15) is 0 Å². The Morgan fingerprint density at radius 1 is 0.318 bits per heavy atom. The minimum absolute atomic E-state index is 0.0190. The van der Waals surface area contributed by atoms with E-state index in [1.807, 2.05) is 6.08 Å². The van der Waals surface area contributed by atoms with Crippen molar-refractivity contribution in [2.24, 2.45) is 0 Å². The maximum Gasteiger partial charge on any atom is 0.305 e. The molecular formula is C79H153NO5. The molecule has 0 fully saturated rings. The summed E-state index contributed by atoms with van der Waals surface area (Å²) in [6, 6.07) is -0.628. The van der Waals surface area contributed by atoms with Crippen molar-refractivity contribution in [1.82, 2.24) is 5.32 Å². The summed E-state index contributed by atoms with van der Waals surface area (Å²) >= 11 is 0. The molecule has 0 aromatic rings. The van der Waals surface area contributed by atoms with Crippen molar-refractivity contribution in [2.45, 2.75) is 456 Å². The molecule has 0 saturated carbocycles. The Bertz CT molecular complexity index is 1330. The molecule has 0 saturated heterocycles. The highest BCUT2D eigenvalue weighted by atomic mass is 16.5. The Balaban J connectivity index is 3.39. The fraction of sp³-hybridized carbons (Fsp3) is 0.924. The highest BCUT2D eigenvalue weighted by Gasteiger charge is 2.18. The highest BCUT2D eigenvalue weighted by Crippen LogP contribution is 2.20. The van der Waals surface area contributed by atoms with Crippen LogP contribution in [0.1, 0.15) is 444 Å². The average molecular weight is 1200 g/mol. The van der Waals surface area contributed by atoms with Crippen LogP contribution in [-0.4, -0.2) is 47.4 Å². The molecule has 504 valence electrons. The number of aliphatic hydroxyl groups is 2. The minimum Gasteiger partial charge on any atom is -0.466 e. The number of rotatable bonds is 74. The summed E-state index contributed by atoms with van der Waals surface area (Å²) in [7, 11) is 0. The van der Waals surface area contributed by atoms with Gasteiger partial charge in [0.15, 0.2) is 0 Å². The van der Waals surface area contributed by atoms with Gasteiger partial charge in [-0.1, -0.05) is 398 Å². The SMILES string of the molecule is CCCCCCCCCCCCCCCCCCCCCCCCC/C=C/C(O)C(CO)NC(=O)CCCCCCCCCCCCCCCCC/C=C\CCCCCCCCCCCCCCOC(=O)CCCCCCCCCCCCCC. The molecule has 6 nitrogen and oxygen atoms in total. The molecular weight excluding hydrogens is 1040 g/mol. The van der Waals surface area contributed by atoms with Gasteiger partial charge in [-0.05, 0) is 57.8 Å². The van der Waals surface area contributed by atoms with E-state index in [2.05, 4.69) is 31.3 Å². The number of allylic oxidation sites excluding steroid dienone is 3. The predicted molar refractivity (Wildman–Crippen MR) is 375 cm³/mol. The number of unbranched alkanes of at least 4 members (excludes halogenated alkanes) is 61. The Morgan fingerprint density at radius 3 is 0.835 bits per heavy atom. The highest BCUT2D eigenvalue weighted by molar-refractivity contribution is 5.76. The van der Waals surface area contributed by atoms with Crippen molar-refractivity contribution in [2.75, 3.05) is 13.2 Å². The lowest BCUT2D eigenvalue weighted by Crippen LogP contribution is -2.45. The van der Waals surface area contributed by atoms with E-state index >= 15 is 0 Å². The van der Waals surface area contributed by atoms with Crippen LogP contribution in [0.15, 0.2) is 24.3 Å². The molecule has 0 radical (unpaired) electrons. The second-order valence-electron chi connectivity index (χ2n) is 27.0. The first kappa shape index (κ1) is 83.3. The van der Waals surface area contributed by atoms with Crippen molar-refractivity contribution >= 4 is 11.9 Å². The number of nitrogens with one attached hydrogen (secondary N) is 1. The van der Waals surface area contributed by atoms with Gasteiger partial charge < -0.3 is 20.3 Å². The molecule has 0 aromatic heterocycles. The fourth-order valence-corrected chi connectivity index (χ4v) is 12.5. The summed E-state index contributed by atoms with van der Waals surface area (Å²) in [6.45, 7) is 4.95. The second-order valence-corrected chi connectivity index (χ2v) is 27.0. The van der Waals surface area contributed by atoms with Crippen molar-refractivity contribution < 1.29 is 24.5 Å². The molecule has 0 aliphatic rings. The number of hydrogen-bond donors (Lipinski definition) is 3. The smallest absolute Gasteiger partial charge is 0.305 e. The van der Waals surface area contributed by atoms with Crippen LogP contribution in [0.25, 0.3) is 0 Å². The quantitative estimate of drug-likeness (QED) is 0.0320. The van der Waals surface area contributed by atoms with Gasteiger partial charge in [0.25, 0.3) is 0 Å². The van der Waals surface area contributed by atoms with Gasteiger partial charge in [-0.3, -0.25) is 9.59 Å². The summed E-state index contributed by atoms with van der Waals surface area (Å²) < 4.78 is 5.49. The summed E-state index contributed by atoms with van der Waals surface area (Å²) in [5.74, 6) is -0.0415. The van der Waals surface area contributed by atoms with Crippen molar-refractivity contribution in [3.05, 3.63) is 24.3 Å². The van der Waals surface area contributed by atoms with E-state index in [1.165, 1.54) is 379 Å². The van der Waals surface area contributed by atoms with Crippen LogP contribution in [0.5, 0.6) is 0 Å². The zero-order valence-electron chi connectivity index (χ0n) is 57.9. The molecule has 0 heterocycles. The van der Waals surface area contributed by atoms with E-state index in [0.717, 1.165) is 38.5 Å². The molecule has 0 spiro atoms. The summed E-state index contributed by atoms with van der Waals surface area (Å²) in [5, 5.41) is 23.3. The van der Waals surface area contributed by atoms with Gasteiger partial charge in [-0.15, -0.1) is 0 Å². The van der Waals surface area contributed by atoms with Crippen LogP contribution in [0, 0.1) is 0 Å². The van der Waals surface area contributed by atoms with Crippen LogP contribution < -0.4 is 5.32 Å². The van der Waals surface area contributed by atoms with E-state index < -0.39 is 12.1 Å². The van der Waals surface area contributed by atoms with Crippen LogP contribution >= 0.6 is 0 Å². The molecule has 0 aliphatic carbocycles.